The van der Waals surface area contributed by atoms with Crippen LogP contribution in [0.25, 0.3) is 22.0 Å². The number of ether oxygens (including phenoxy) is 1. The molecule has 7 heteroatoms. The lowest BCUT2D eigenvalue weighted by atomic mass is 9.96. The summed E-state index contributed by atoms with van der Waals surface area (Å²) in [5.74, 6) is 1.78. The van der Waals surface area contributed by atoms with E-state index in [-0.39, 0.29) is 12.5 Å². The second-order valence-electron chi connectivity index (χ2n) is 7.54. The number of nitrogens with one attached hydrogen (secondary N) is 1. The molecule has 0 bridgehead atoms. The average Bonchev–Trinajstić information content (AvgIpc) is 3.21. The van der Waals surface area contributed by atoms with Crippen LogP contribution in [0.2, 0.25) is 0 Å². The Morgan fingerprint density at radius 2 is 1.93 bits per heavy atom. The summed E-state index contributed by atoms with van der Waals surface area (Å²) in [4.78, 5) is 33.9. The Morgan fingerprint density at radius 3 is 2.77 bits per heavy atom. The number of aromatic amines is 1. The Bertz CT molecular complexity index is 1240. The van der Waals surface area contributed by atoms with Crippen molar-refractivity contribution in [1.82, 2.24) is 14.9 Å². The van der Waals surface area contributed by atoms with Crippen molar-refractivity contribution in [2.45, 2.75) is 18.8 Å². The van der Waals surface area contributed by atoms with Crippen molar-refractivity contribution >= 4 is 27.9 Å². The van der Waals surface area contributed by atoms with Gasteiger partial charge in [0.15, 0.2) is 6.61 Å². The van der Waals surface area contributed by atoms with Crippen molar-refractivity contribution in [3.05, 3.63) is 70.8 Å². The minimum atomic E-state index is -0.414. The van der Waals surface area contributed by atoms with Crippen molar-refractivity contribution in [3.8, 4) is 5.75 Å². The number of nitrogens with zero attached hydrogens (tertiary/aromatic N) is 2. The summed E-state index contributed by atoms with van der Waals surface area (Å²) in [5.41, 5.74) is 2.05. The van der Waals surface area contributed by atoms with E-state index in [2.05, 4.69) is 4.98 Å². The Balaban J connectivity index is 1.18. The molecule has 0 atom stereocenters. The molecule has 152 valence electrons. The van der Waals surface area contributed by atoms with Crippen molar-refractivity contribution in [3.63, 3.8) is 0 Å². The number of rotatable bonds is 4. The Kier molecular flexibility index (Phi) is 4.71. The molecule has 1 aliphatic rings. The highest BCUT2D eigenvalue weighted by molar-refractivity contribution is 5.79. The number of benzene rings is 2. The summed E-state index contributed by atoms with van der Waals surface area (Å²) >= 11 is 0. The van der Waals surface area contributed by atoms with Gasteiger partial charge in [0, 0.05) is 36.5 Å². The van der Waals surface area contributed by atoms with Gasteiger partial charge in [-0.2, -0.15) is 0 Å². The summed E-state index contributed by atoms with van der Waals surface area (Å²) in [6.45, 7) is 1.31. The monoisotopic (exact) mass is 403 g/mol. The van der Waals surface area contributed by atoms with E-state index in [0.717, 1.165) is 35.1 Å². The van der Waals surface area contributed by atoms with Crippen molar-refractivity contribution in [2.75, 3.05) is 19.7 Å². The molecular weight excluding hydrogens is 382 g/mol. The highest BCUT2D eigenvalue weighted by atomic mass is 16.5. The normalized spacial score (nSPS) is 15.0. The molecule has 0 unspecified atom stereocenters. The van der Waals surface area contributed by atoms with Crippen LogP contribution in [0, 0.1) is 0 Å². The Labute approximate surface area is 172 Å². The number of hydrogen-bond donors (Lipinski definition) is 1. The van der Waals surface area contributed by atoms with Crippen LogP contribution in [-0.4, -0.2) is 40.5 Å². The third-order valence-electron chi connectivity index (χ3n) is 5.60. The van der Waals surface area contributed by atoms with E-state index < -0.39 is 5.63 Å². The van der Waals surface area contributed by atoms with Crippen LogP contribution in [0.5, 0.6) is 5.75 Å². The molecule has 7 nitrogen and oxygen atoms in total. The van der Waals surface area contributed by atoms with Gasteiger partial charge in [-0.1, -0.05) is 12.1 Å². The predicted molar refractivity (Wildman–Crippen MR) is 113 cm³/mol. The van der Waals surface area contributed by atoms with Crippen molar-refractivity contribution in [1.29, 1.82) is 0 Å². The van der Waals surface area contributed by atoms with Gasteiger partial charge in [0.2, 0.25) is 0 Å². The first kappa shape index (κ1) is 18.4. The second-order valence-corrected chi connectivity index (χ2v) is 7.54. The van der Waals surface area contributed by atoms with Gasteiger partial charge in [-0.05, 0) is 43.2 Å². The summed E-state index contributed by atoms with van der Waals surface area (Å²) < 4.78 is 10.8. The first-order chi connectivity index (χ1) is 14.7. The first-order valence-electron chi connectivity index (χ1n) is 10.0. The van der Waals surface area contributed by atoms with Crippen molar-refractivity contribution < 1.29 is 13.9 Å². The summed E-state index contributed by atoms with van der Waals surface area (Å²) in [5, 5.41) is 0.806. The average molecular weight is 403 g/mol. The topological polar surface area (TPSA) is 88.4 Å². The molecule has 1 saturated heterocycles. The molecule has 1 N–H and O–H groups in total. The van der Waals surface area contributed by atoms with Crippen LogP contribution >= 0.6 is 0 Å². The zero-order valence-corrected chi connectivity index (χ0v) is 16.3. The molecule has 1 fully saturated rings. The molecule has 4 aromatic rings. The number of aromatic nitrogens is 2. The minimum Gasteiger partial charge on any atom is -0.484 e. The third kappa shape index (κ3) is 3.66. The number of hydrogen-bond acceptors (Lipinski definition) is 5. The number of piperidine rings is 1. The fraction of sp³-hybridized carbons (Fsp3) is 0.261. The molecule has 0 radical (unpaired) electrons. The number of likely N-dealkylation sites (tertiary alicyclic amines) is 1. The quantitative estimate of drug-likeness (QED) is 0.527. The fourth-order valence-corrected chi connectivity index (χ4v) is 3.94. The van der Waals surface area contributed by atoms with Gasteiger partial charge in [-0.15, -0.1) is 0 Å². The highest BCUT2D eigenvalue weighted by Crippen LogP contribution is 2.28. The molecule has 1 aliphatic heterocycles. The smallest absolute Gasteiger partial charge is 0.336 e. The van der Waals surface area contributed by atoms with Crippen LogP contribution < -0.4 is 10.4 Å². The molecule has 30 heavy (non-hydrogen) atoms. The lowest BCUT2D eigenvalue weighted by molar-refractivity contribution is -0.134. The molecule has 0 spiro atoms. The van der Waals surface area contributed by atoms with Crippen LogP contribution in [0.1, 0.15) is 24.6 Å². The SMILES string of the molecule is O=C(COc1ccc2ccc(=O)oc2c1)N1CCC(c2nc3ccccc3[nH]2)CC1. The maximum absolute atomic E-state index is 12.6. The standard InChI is InChI=1S/C23H21N3O4/c27-21(14-29-17-7-5-15-6-8-22(28)30-20(15)13-17)26-11-9-16(10-12-26)23-24-18-3-1-2-4-19(18)25-23/h1-8,13,16H,9-12,14H2,(H,24,25). The van der Waals surface area contributed by atoms with Crippen LogP contribution in [0.4, 0.5) is 0 Å². The second kappa shape index (κ2) is 7.67. The Morgan fingerprint density at radius 1 is 1.13 bits per heavy atom. The molecule has 3 heterocycles. The van der Waals surface area contributed by atoms with Gasteiger partial charge in [0.25, 0.3) is 5.91 Å². The zero-order chi connectivity index (χ0) is 20.5. The van der Waals surface area contributed by atoms with E-state index >= 15 is 0 Å². The maximum atomic E-state index is 12.6. The largest absolute Gasteiger partial charge is 0.484 e. The lowest BCUT2D eigenvalue weighted by Crippen LogP contribution is -2.40. The predicted octanol–water partition coefficient (Wildman–Crippen LogP) is 3.45. The molecule has 2 aromatic carbocycles. The van der Waals surface area contributed by atoms with Crippen molar-refractivity contribution in [2.24, 2.45) is 0 Å². The molecule has 5 rings (SSSR count). The first-order valence-corrected chi connectivity index (χ1v) is 10.0. The zero-order valence-electron chi connectivity index (χ0n) is 16.3. The lowest BCUT2D eigenvalue weighted by Gasteiger charge is -2.31. The number of amides is 1. The van der Waals surface area contributed by atoms with Gasteiger partial charge < -0.3 is 19.0 Å². The third-order valence-corrected chi connectivity index (χ3v) is 5.60. The van der Waals surface area contributed by atoms with E-state index in [1.165, 1.54) is 6.07 Å². The molecule has 0 saturated carbocycles. The van der Waals surface area contributed by atoms with E-state index in [1.807, 2.05) is 29.2 Å². The van der Waals surface area contributed by atoms with Gasteiger partial charge in [-0.3, -0.25) is 4.79 Å². The number of imidazole rings is 1. The van der Waals surface area contributed by atoms with E-state index in [4.69, 9.17) is 14.1 Å². The highest BCUT2D eigenvalue weighted by Gasteiger charge is 2.26. The molecule has 2 aromatic heterocycles. The molecule has 0 aliphatic carbocycles. The maximum Gasteiger partial charge on any atom is 0.336 e. The number of fused-ring (bicyclic) bond motifs is 2. The van der Waals surface area contributed by atoms with Crippen LogP contribution in [0.15, 0.2) is 63.8 Å². The summed E-state index contributed by atoms with van der Waals surface area (Å²) in [7, 11) is 0. The summed E-state index contributed by atoms with van der Waals surface area (Å²) in [6, 6.07) is 16.3. The number of carbonyl (C=O) groups is 1. The van der Waals surface area contributed by atoms with Crippen LogP contribution in [0.3, 0.4) is 0 Å². The number of H-pyrrole nitrogens is 1. The van der Waals surface area contributed by atoms with E-state index in [1.54, 1.807) is 24.3 Å². The van der Waals surface area contributed by atoms with Gasteiger partial charge in [0.05, 0.1) is 11.0 Å². The van der Waals surface area contributed by atoms with Gasteiger partial charge in [-0.25, -0.2) is 9.78 Å². The van der Waals surface area contributed by atoms with Gasteiger partial charge in [0.1, 0.15) is 17.2 Å². The van der Waals surface area contributed by atoms with Crippen LogP contribution in [-0.2, 0) is 4.79 Å². The fourth-order valence-electron chi connectivity index (χ4n) is 3.94. The van der Waals surface area contributed by atoms with Gasteiger partial charge >= 0.3 is 5.63 Å². The minimum absolute atomic E-state index is 0.0438. The molecular formula is C23H21N3O4. The van der Waals surface area contributed by atoms with E-state index in [0.29, 0.717) is 30.3 Å². The number of carbonyl (C=O) groups excluding carboxylic acids is 1. The molecule has 1 amide bonds. The Hall–Kier alpha value is -3.61. The number of para-hydroxylation sites is 2. The summed E-state index contributed by atoms with van der Waals surface area (Å²) in [6.07, 6.45) is 1.74. The van der Waals surface area contributed by atoms with E-state index in [9.17, 15) is 9.59 Å².